The number of rotatable bonds is 0. The van der Waals surface area contributed by atoms with Crippen molar-refractivity contribution in [1.29, 1.82) is 0 Å². The zero-order chi connectivity index (χ0) is 8.93. The van der Waals surface area contributed by atoms with Crippen molar-refractivity contribution >= 4 is 0 Å². The van der Waals surface area contributed by atoms with Crippen molar-refractivity contribution in [2.45, 2.75) is 51.9 Å². The maximum atomic E-state index is 9.63. The molecule has 12 heavy (non-hydrogen) atoms. The van der Waals surface area contributed by atoms with E-state index >= 15 is 0 Å². The molecule has 1 heterocycles. The maximum Gasteiger partial charge on any atom is 0.110 e. The zero-order valence-corrected chi connectivity index (χ0v) is 8.08. The van der Waals surface area contributed by atoms with E-state index in [0.717, 1.165) is 12.8 Å². The van der Waals surface area contributed by atoms with Crippen LogP contribution in [-0.4, -0.2) is 23.4 Å². The lowest BCUT2D eigenvalue weighted by atomic mass is 9.72. The molecular formula is C10H18O2. The van der Waals surface area contributed by atoms with Gasteiger partial charge in [-0.2, -0.15) is 0 Å². The van der Waals surface area contributed by atoms with Crippen LogP contribution in [0.4, 0.5) is 0 Å². The number of fused-ring (bicyclic) bond motifs is 1. The highest BCUT2D eigenvalue weighted by molar-refractivity contribution is 4.99. The van der Waals surface area contributed by atoms with Gasteiger partial charge in [-0.05, 0) is 24.2 Å². The van der Waals surface area contributed by atoms with Crippen molar-refractivity contribution in [2.24, 2.45) is 11.3 Å². The number of hydrogen-bond acceptors (Lipinski definition) is 2. The molecule has 0 bridgehead atoms. The first-order valence-electron chi connectivity index (χ1n) is 4.82. The highest BCUT2D eigenvalue weighted by Gasteiger charge is 2.51. The van der Waals surface area contributed by atoms with Crippen LogP contribution in [0.25, 0.3) is 0 Å². The standard InChI is InChI=1S/C10H18O2/c1-10(2,3)6-4-7(11)9-8(5-6)12-9/h6-9,11H,4-5H2,1-3H3/t6-,7+,8-,9+/m0/s1. The monoisotopic (exact) mass is 170 g/mol. The van der Waals surface area contributed by atoms with Crippen LogP contribution >= 0.6 is 0 Å². The molecule has 1 saturated carbocycles. The number of hydrogen-bond donors (Lipinski definition) is 1. The molecule has 1 aliphatic heterocycles. The number of aliphatic hydroxyl groups is 1. The summed E-state index contributed by atoms with van der Waals surface area (Å²) in [6, 6.07) is 0. The summed E-state index contributed by atoms with van der Waals surface area (Å²) < 4.78 is 5.37. The summed E-state index contributed by atoms with van der Waals surface area (Å²) in [5.74, 6) is 0.622. The van der Waals surface area contributed by atoms with Crippen LogP contribution in [0.1, 0.15) is 33.6 Å². The van der Waals surface area contributed by atoms with Crippen LogP contribution < -0.4 is 0 Å². The molecule has 70 valence electrons. The second kappa shape index (κ2) is 2.46. The van der Waals surface area contributed by atoms with Crippen LogP contribution in [0, 0.1) is 11.3 Å². The Balaban J connectivity index is 2.01. The van der Waals surface area contributed by atoms with Crippen molar-refractivity contribution in [3.63, 3.8) is 0 Å². The normalized spacial score (nSPS) is 47.0. The lowest BCUT2D eigenvalue weighted by Gasteiger charge is -2.34. The lowest BCUT2D eigenvalue weighted by Crippen LogP contribution is -2.34. The molecule has 1 aliphatic carbocycles. The SMILES string of the molecule is CC(C)(C)[C@H]1C[C@@H](O)[C@H]2O[C@H]2C1. The number of ether oxygens (including phenoxy) is 1. The molecule has 2 aliphatic rings. The predicted molar refractivity (Wildman–Crippen MR) is 46.8 cm³/mol. The first-order valence-corrected chi connectivity index (χ1v) is 4.82. The van der Waals surface area contributed by atoms with Crippen molar-refractivity contribution in [3.05, 3.63) is 0 Å². The Morgan fingerprint density at radius 1 is 1.25 bits per heavy atom. The van der Waals surface area contributed by atoms with Crippen LogP contribution in [0.2, 0.25) is 0 Å². The molecule has 2 heteroatoms. The van der Waals surface area contributed by atoms with Crippen molar-refractivity contribution in [3.8, 4) is 0 Å². The van der Waals surface area contributed by atoms with E-state index in [1.807, 2.05) is 0 Å². The Bertz CT molecular complexity index is 183. The van der Waals surface area contributed by atoms with E-state index in [1.165, 1.54) is 0 Å². The summed E-state index contributed by atoms with van der Waals surface area (Å²) in [7, 11) is 0. The summed E-state index contributed by atoms with van der Waals surface area (Å²) in [5.41, 5.74) is 0.317. The molecule has 0 spiro atoms. The van der Waals surface area contributed by atoms with Gasteiger partial charge in [0.15, 0.2) is 0 Å². The summed E-state index contributed by atoms with van der Waals surface area (Å²) in [6.45, 7) is 6.73. The smallest absolute Gasteiger partial charge is 0.110 e. The van der Waals surface area contributed by atoms with Crippen LogP contribution in [-0.2, 0) is 4.74 Å². The molecule has 2 fully saturated rings. The Morgan fingerprint density at radius 2 is 1.92 bits per heavy atom. The van der Waals surface area contributed by atoms with Gasteiger partial charge in [0.1, 0.15) is 6.10 Å². The van der Waals surface area contributed by atoms with E-state index in [9.17, 15) is 5.11 Å². The highest BCUT2D eigenvalue weighted by Crippen LogP contribution is 2.45. The van der Waals surface area contributed by atoms with Crippen molar-refractivity contribution in [1.82, 2.24) is 0 Å². The van der Waals surface area contributed by atoms with E-state index in [4.69, 9.17) is 4.74 Å². The number of epoxide rings is 1. The van der Waals surface area contributed by atoms with Gasteiger partial charge in [0, 0.05) is 0 Å². The fourth-order valence-electron chi connectivity index (χ4n) is 2.19. The first-order chi connectivity index (χ1) is 5.48. The Hall–Kier alpha value is -0.0800. The van der Waals surface area contributed by atoms with Gasteiger partial charge in [-0.1, -0.05) is 20.8 Å². The fraction of sp³-hybridized carbons (Fsp3) is 1.00. The maximum absolute atomic E-state index is 9.63. The first kappa shape index (κ1) is 8.52. The summed E-state index contributed by atoms with van der Waals surface area (Å²) >= 11 is 0. The average molecular weight is 170 g/mol. The second-order valence-electron chi connectivity index (χ2n) is 5.24. The van der Waals surface area contributed by atoms with Gasteiger partial charge in [-0.25, -0.2) is 0 Å². The third-order valence-electron chi connectivity index (χ3n) is 3.27. The molecular weight excluding hydrogens is 152 g/mol. The molecule has 0 aromatic carbocycles. The van der Waals surface area contributed by atoms with Gasteiger partial charge < -0.3 is 9.84 Å². The van der Waals surface area contributed by atoms with Crippen molar-refractivity contribution in [2.75, 3.05) is 0 Å². The van der Waals surface area contributed by atoms with Gasteiger partial charge in [0.2, 0.25) is 0 Å². The molecule has 0 unspecified atom stereocenters. The fourth-order valence-corrected chi connectivity index (χ4v) is 2.19. The quantitative estimate of drug-likeness (QED) is 0.560. The van der Waals surface area contributed by atoms with Crippen molar-refractivity contribution < 1.29 is 9.84 Å². The zero-order valence-electron chi connectivity index (χ0n) is 8.08. The molecule has 0 amide bonds. The van der Waals surface area contributed by atoms with E-state index < -0.39 is 0 Å². The summed E-state index contributed by atoms with van der Waals surface area (Å²) in [4.78, 5) is 0. The molecule has 1 N–H and O–H groups in total. The molecule has 0 aromatic rings. The van der Waals surface area contributed by atoms with Gasteiger partial charge in [-0.15, -0.1) is 0 Å². The summed E-state index contributed by atoms with van der Waals surface area (Å²) in [5, 5.41) is 9.63. The Morgan fingerprint density at radius 3 is 2.42 bits per heavy atom. The molecule has 2 nitrogen and oxygen atoms in total. The largest absolute Gasteiger partial charge is 0.390 e. The lowest BCUT2D eigenvalue weighted by molar-refractivity contribution is 0.0707. The molecule has 0 aromatic heterocycles. The Kier molecular flexibility index (Phi) is 1.74. The third-order valence-corrected chi connectivity index (χ3v) is 3.27. The van der Waals surface area contributed by atoms with Gasteiger partial charge in [0.05, 0.1) is 12.2 Å². The van der Waals surface area contributed by atoms with Crippen LogP contribution in [0.5, 0.6) is 0 Å². The van der Waals surface area contributed by atoms with Gasteiger partial charge >= 0.3 is 0 Å². The number of aliphatic hydroxyl groups excluding tert-OH is 1. The topological polar surface area (TPSA) is 32.8 Å². The third kappa shape index (κ3) is 1.38. The Labute approximate surface area is 73.9 Å². The molecule has 0 radical (unpaired) electrons. The second-order valence-corrected chi connectivity index (χ2v) is 5.24. The van der Waals surface area contributed by atoms with E-state index in [1.54, 1.807) is 0 Å². The minimum Gasteiger partial charge on any atom is -0.390 e. The van der Waals surface area contributed by atoms with Gasteiger partial charge in [0.25, 0.3) is 0 Å². The summed E-state index contributed by atoms with van der Waals surface area (Å²) in [6.07, 6.45) is 2.42. The molecule has 1 saturated heterocycles. The predicted octanol–water partition coefficient (Wildman–Crippen LogP) is 1.57. The van der Waals surface area contributed by atoms with Gasteiger partial charge in [-0.3, -0.25) is 0 Å². The minimum atomic E-state index is -0.201. The van der Waals surface area contributed by atoms with E-state index in [0.29, 0.717) is 17.4 Å². The van der Waals surface area contributed by atoms with E-state index in [-0.39, 0.29) is 12.2 Å². The highest BCUT2D eigenvalue weighted by atomic mass is 16.6. The molecule has 4 atom stereocenters. The minimum absolute atomic E-state index is 0.184. The average Bonchev–Trinajstić information content (AvgIpc) is 2.63. The van der Waals surface area contributed by atoms with E-state index in [2.05, 4.69) is 20.8 Å². The molecule has 2 rings (SSSR count). The van der Waals surface area contributed by atoms with Crippen LogP contribution in [0.15, 0.2) is 0 Å². The van der Waals surface area contributed by atoms with Crippen LogP contribution in [0.3, 0.4) is 0 Å².